The smallest absolute Gasteiger partial charge is 0.194 e. The predicted octanol–water partition coefficient (Wildman–Crippen LogP) is 3.45. The van der Waals surface area contributed by atoms with Gasteiger partial charge in [-0.1, -0.05) is 12.1 Å². The fourth-order valence-corrected chi connectivity index (χ4v) is 3.60. The van der Waals surface area contributed by atoms with Gasteiger partial charge in [-0.15, -0.1) is 24.0 Å². The normalized spacial score (nSPS) is 14.6. The van der Waals surface area contributed by atoms with Crippen molar-refractivity contribution in [1.82, 2.24) is 15.1 Å². The average molecular weight is 558 g/mol. The summed E-state index contributed by atoms with van der Waals surface area (Å²) >= 11 is 0. The first-order valence-corrected chi connectivity index (χ1v) is 10.5. The van der Waals surface area contributed by atoms with Crippen LogP contribution in [-0.2, 0) is 13.1 Å². The van der Waals surface area contributed by atoms with Gasteiger partial charge in [0.15, 0.2) is 29.0 Å². The topological polar surface area (TPSA) is 69.6 Å². The molecule has 0 aromatic heterocycles. The molecular formula is C23H32FIN4O3. The number of nitrogens with zero attached hydrogens (tertiary/aromatic N) is 3. The van der Waals surface area contributed by atoms with E-state index >= 15 is 0 Å². The van der Waals surface area contributed by atoms with Crippen molar-refractivity contribution in [2.45, 2.75) is 20.0 Å². The molecule has 0 saturated carbocycles. The lowest BCUT2D eigenvalue weighted by Crippen LogP contribution is -2.52. The minimum Gasteiger partial charge on any atom is -0.505 e. The second-order valence-electron chi connectivity index (χ2n) is 7.41. The van der Waals surface area contributed by atoms with Crippen LogP contribution in [0.25, 0.3) is 0 Å². The molecule has 2 N–H and O–H groups in total. The fraction of sp³-hybridized carbons (Fsp3) is 0.435. The summed E-state index contributed by atoms with van der Waals surface area (Å²) in [4.78, 5) is 9.29. The lowest BCUT2D eigenvalue weighted by Gasteiger charge is -2.36. The molecule has 0 bridgehead atoms. The van der Waals surface area contributed by atoms with Gasteiger partial charge in [0, 0.05) is 39.3 Å². The first kappa shape index (κ1) is 26.0. The van der Waals surface area contributed by atoms with Gasteiger partial charge in [0.2, 0.25) is 0 Å². The Morgan fingerprint density at radius 3 is 2.34 bits per heavy atom. The lowest BCUT2D eigenvalue weighted by molar-refractivity contribution is 0.172. The second kappa shape index (κ2) is 12.7. The highest BCUT2D eigenvalue weighted by atomic mass is 127. The van der Waals surface area contributed by atoms with Crippen molar-refractivity contribution in [2.24, 2.45) is 4.99 Å². The van der Waals surface area contributed by atoms with Crippen molar-refractivity contribution in [1.29, 1.82) is 0 Å². The molecule has 9 heteroatoms. The molecule has 7 nitrogen and oxygen atoms in total. The Hall–Kier alpha value is -2.27. The molecule has 32 heavy (non-hydrogen) atoms. The Morgan fingerprint density at radius 2 is 1.72 bits per heavy atom. The first-order valence-electron chi connectivity index (χ1n) is 10.5. The Kier molecular flexibility index (Phi) is 10.3. The van der Waals surface area contributed by atoms with Crippen LogP contribution in [0, 0.1) is 5.82 Å². The van der Waals surface area contributed by atoms with E-state index in [1.165, 1.54) is 17.7 Å². The maximum atomic E-state index is 13.6. The van der Waals surface area contributed by atoms with E-state index in [1.54, 1.807) is 20.3 Å². The van der Waals surface area contributed by atoms with Crippen LogP contribution in [0.4, 0.5) is 4.39 Å². The van der Waals surface area contributed by atoms with Crippen molar-refractivity contribution < 1.29 is 19.0 Å². The third-order valence-corrected chi connectivity index (χ3v) is 5.28. The summed E-state index contributed by atoms with van der Waals surface area (Å²) in [5.74, 6) is 1.33. The molecule has 0 aliphatic carbocycles. The molecule has 0 amide bonds. The van der Waals surface area contributed by atoms with Crippen molar-refractivity contribution in [3.05, 3.63) is 53.3 Å². The molecular weight excluding hydrogens is 526 g/mol. The summed E-state index contributed by atoms with van der Waals surface area (Å²) < 4.78 is 24.3. The highest BCUT2D eigenvalue weighted by Crippen LogP contribution is 2.28. The van der Waals surface area contributed by atoms with Crippen LogP contribution < -0.4 is 14.8 Å². The molecule has 0 atom stereocenters. The molecule has 176 valence electrons. The van der Waals surface area contributed by atoms with E-state index in [-0.39, 0.29) is 29.7 Å². The number of hydrogen-bond donors (Lipinski definition) is 2. The zero-order valence-electron chi connectivity index (χ0n) is 18.8. The van der Waals surface area contributed by atoms with Crippen LogP contribution in [0.2, 0.25) is 0 Å². The van der Waals surface area contributed by atoms with Crippen LogP contribution >= 0.6 is 24.0 Å². The minimum absolute atomic E-state index is 0. The number of piperazine rings is 1. The number of halogens is 2. The number of benzene rings is 2. The largest absolute Gasteiger partial charge is 0.505 e. The number of aromatic hydroxyl groups is 1. The summed E-state index contributed by atoms with van der Waals surface area (Å²) in [7, 11) is 3.28. The van der Waals surface area contributed by atoms with Gasteiger partial charge in [-0.05, 0) is 42.3 Å². The van der Waals surface area contributed by atoms with E-state index in [9.17, 15) is 9.50 Å². The fourth-order valence-electron chi connectivity index (χ4n) is 3.60. The van der Waals surface area contributed by atoms with Gasteiger partial charge in [0.1, 0.15) is 0 Å². The summed E-state index contributed by atoms with van der Waals surface area (Å²) in [6, 6.07) is 10.4. The number of guanidine groups is 1. The van der Waals surface area contributed by atoms with E-state index in [4.69, 9.17) is 9.47 Å². The number of methoxy groups -OCH3 is 2. The summed E-state index contributed by atoms with van der Waals surface area (Å²) in [5.41, 5.74) is 1.90. The summed E-state index contributed by atoms with van der Waals surface area (Å²) in [6.45, 7) is 7.50. The molecule has 2 aromatic carbocycles. The molecule has 1 aliphatic heterocycles. The monoisotopic (exact) mass is 558 g/mol. The van der Waals surface area contributed by atoms with Crippen LogP contribution in [0.3, 0.4) is 0 Å². The van der Waals surface area contributed by atoms with Crippen LogP contribution in [0.15, 0.2) is 41.4 Å². The van der Waals surface area contributed by atoms with E-state index in [2.05, 4.69) is 26.2 Å². The number of phenols is 1. The highest BCUT2D eigenvalue weighted by Gasteiger charge is 2.20. The van der Waals surface area contributed by atoms with Gasteiger partial charge < -0.3 is 24.8 Å². The third kappa shape index (κ3) is 6.86. The molecule has 1 saturated heterocycles. The maximum Gasteiger partial charge on any atom is 0.194 e. The molecule has 2 aromatic rings. The van der Waals surface area contributed by atoms with E-state index in [0.29, 0.717) is 6.54 Å². The van der Waals surface area contributed by atoms with Crippen molar-refractivity contribution >= 4 is 29.9 Å². The molecule has 3 rings (SSSR count). The van der Waals surface area contributed by atoms with Gasteiger partial charge in [-0.25, -0.2) is 9.38 Å². The van der Waals surface area contributed by atoms with E-state index < -0.39 is 5.82 Å². The van der Waals surface area contributed by atoms with Gasteiger partial charge >= 0.3 is 0 Å². The van der Waals surface area contributed by atoms with Gasteiger partial charge in [-0.3, -0.25) is 4.90 Å². The van der Waals surface area contributed by atoms with Crippen molar-refractivity contribution in [2.75, 3.05) is 46.9 Å². The predicted molar refractivity (Wildman–Crippen MR) is 135 cm³/mol. The molecule has 0 radical (unpaired) electrons. The number of ether oxygens (including phenoxy) is 2. The van der Waals surface area contributed by atoms with Crippen molar-refractivity contribution in [3.8, 4) is 17.2 Å². The van der Waals surface area contributed by atoms with Crippen molar-refractivity contribution in [3.63, 3.8) is 0 Å². The van der Waals surface area contributed by atoms with Crippen LogP contribution in [0.5, 0.6) is 17.2 Å². The number of phenolic OH excluding ortho intramolecular Hbond substituents is 1. The standard InChI is InChI=1S/C23H31FN4O3.HI/c1-4-25-23(26-15-17-5-7-20(29)19(24)13-17)28-11-9-27(10-12-28)16-18-6-8-21(30-2)22(14-18)31-3;/h5-8,13-14,29H,4,9-12,15-16H2,1-3H3,(H,25,26);1H. The number of nitrogens with one attached hydrogen (secondary N) is 1. The van der Waals surface area contributed by atoms with E-state index in [1.807, 2.05) is 19.1 Å². The quantitative estimate of drug-likeness (QED) is 0.309. The maximum absolute atomic E-state index is 13.6. The summed E-state index contributed by atoms with van der Waals surface area (Å²) in [6.07, 6.45) is 0. The molecule has 1 aliphatic rings. The molecule has 0 spiro atoms. The van der Waals surface area contributed by atoms with Gasteiger partial charge in [-0.2, -0.15) is 0 Å². The average Bonchev–Trinajstić information content (AvgIpc) is 2.79. The SMILES string of the molecule is CCNC(=NCc1ccc(O)c(F)c1)N1CCN(Cc2ccc(OC)c(OC)c2)CC1.I. The third-order valence-electron chi connectivity index (χ3n) is 5.28. The van der Waals surface area contributed by atoms with Crippen LogP contribution in [0.1, 0.15) is 18.1 Å². The molecule has 0 unspecified atom stereocenters. The second-order valence-corrected chi connectivity index (χ2v) is 7.41. The highest BCUT2D eigenvalue weighted by molar-refractivity contribution is 14.0. The minimum atomic E-state index is -0.624. The zero-order valence-corrected chi connectivity index (χ0v) is 21.1. The summed E-state index contributed by atoms with van der Waals surface area (Å²) in [5, 5.41) is 12.7. The lowest BCUT2D eigenvalue weighted by atomic mass is 10.1. The molecule has 1 heterocycles. The Bertz CT molecular complexity index is 905. The number of hydrogen-bond acceptors (Lipinski definition) is 5. The Morgan fingerprint density at radius 1 is 1.03 bits per heavy atom. The number of rotatable bonds is 7. The van der Waals surface area contributed by atoms with Gasteiger partial charge in [0.25, 0.3) is 0 Å². The Labute approximate surface area is 206 Å². The first-order chi connectivity index (χ1) is 15.0. The van der Waals surface area contributed by atoms with E-state index in [0.717, 1.165) is 62.3 Å². The van der Waals surface area contributed by atoms with Gasteiger partial charge in [0.05, 0.1) is 20.8 Å². The Balaban J connectivity index is 0.00000363. The molecule has 1 fully saturated rings. The van der Waals surface area contributed by atoms with Crippen LogP contribution in [-0.4, -0.2) is 67.8 Å². The number of aliphatic imine (C=N–C) groups is 1. The zero-order chi connectivity index (χ0) is 22.2.